The van der Waals surface area contributed by atoms with E-state index in [-0.39, 0.29) is 12.0 Å². The van der Waals surface area contributed by atoms with Crippen LogP contribution in [0, 0.1) is 5.92 Å². The predicted molar refractivity (Wildman–Crippen MR) is 70.3 cm³/mol. The van der Waals surface area contributed by atoms with Crippen LogP contribution in [-0.4, -0.2) is 49.9 Å². The van der Waals surface area contributed by atoms with Gasteiger partial charge in [0.15, 0.2) is 0 Å². The van der Waals surface area contributed by atoms with E-state index in [9.17, 15) is 4.79 Å². The van der Waals surface area contributed by atoms with Gasteiger partial charge in [-0.3, -0.25) is 4.79 Å². The van der Waals surface area contributed by atoms with Crippen molar-refractivity contribution in [3.05, 3.63) is 0 Å². The molecule has 1 atom stereocenters. The second-order valence-electron chi connectivity index (χ2n) is 4.62. The van der Waals surface area contributed by atoms with Gasteiger partial charge in [-0.15, -0.1) is 0 Å². The lowest BCUT2D eigenvalue weighted by atomic mass is 10.2. The molecule has 0 radical (unpaired) electrons. The topological polar surface area (TPSA) is 47.6 Å². The van der Waals surface area contributed by atoms with Crippen LogP contribution >= 0.6 is 11.8 Å². The van der Waals surface area contributed by atoms with Gasteiger partial charge in [-0.1, -0.05) is 13.8 Å². The maximum absolute atomic E-state index is 11.5. The number of nitrogens with one attached hydrogen (secondary N) is 1. The van der Waals surface area contributed by atoms with Crippen LogP contribution < -0.4 is 5.32 Å². The van der Waals surface area contributed by atoms with Crippen LogP contribution in [0.15, 0.2) is 0 Å². The Labute approximate surface area is 108 Å². The molecule has 1 saturated heterocycles. The highest BCUT2D eigenvalue weighted by Crippen LogP contribution is 2.10. The first-order valence-corrected chi connectivity index (χ1v) is 7.38. The van der Waals surface area contributed by atoms with Gasteiger partial charge < -0.3 is 14.8 Å². The Bertz CT molecular complexity index is 218. The Balaban J connectivity index is 1.97. The van der Waals surface area contributed by atoms with Gasteiger partial charge in [0.1, 0.15) is 6.61 Å². The molecule has 1 aliphatic heterocycles. The third-order valence-electron chi connectivity index (χ3n) is 2.35. The summed E-state index contributed by atoms with van der Waals surface area (Å²) in [7, 11) is 0. The average molecular weight is 261 g/mol. The zero-order valence-corrected chi connectivity index (χ0v) is 11.6. The molecule has 4 nitrogen and oxygen atoms in total. The van der Waals surface area contributed by atoms with Gasteiger partial charge in [-0.2, -0.15) is 11.8 Å². The molecule has 0 spiro atoms. The van der Waals surface area contributed by atoms with E-state index in [1.807, 2.05) is 11.8 Å². The van der Waals surface area contributed by atoms with Gasteiger partial charge in [0, 0.05) is 30.7 Å². The fourth-order valence-corrected chi connectivity index (χ4v) is 2.49. The third kappa shape index (κ3) is 7.63. The molecule has 0 amide bonds. The first-order valence-electron chi connectivity index (χ1n) is 6.23. The molecule has 100 valence electrons. The molecule has 5 heteroatoms. The number of carbonyl (C=O) groups excluding carboxylic acids is 1. The van der Waals surface area contributed by atoms with Crippen molar-refractivity contribution in [2.45, 2.75) is 26.3 Å². The second kappa shape index (κ2) is 8.78. The lowest BCUT2D eigenvalue weighted by molar-refractivity contribution is -0.145. The smallest absolute Gasteiger partial charge is 0.307 e. The molecule has 0 aliphatic carbocycles. The summed E-state index contributed by atoms with van der Waals surface area (Å²) in [4.78, 5) is 11.5. The van der Waals surface area contributed by atoms with Crippen molar-refractivity contribution in [3.63, 3.8) is 0 Å². The molecule has 1 aliphatic rings. The Morgan fingerprint density at radius 1 is 1.47 bits per heavy atom. The Hall–Kier alpha value is -0.260. The number of hydrogen-bond donors (Lipinski definition) is 1. The van der Waals surface area contributed by atoms with E-state index in [0.29, 0.717) is 25.6 Å². The van der Waals surface area contributed by atoms with E-state index in [0.717, 1.165) is 24.7 Å². The third-order valence-corrected chi connectivity index (χ3v) is 3.48. The van der Waals surface area contributed by atoms with Crippen LogP contribution in [0.1, 0.15) is 20.3 Å². The number of carbonyl (C=O) groups is 1. The monoisotopic (exact) mass is 261 g/mol. The van der Waals surface area contributed by atoms with Crippen LogP contribution in [0.25, 0.3) is 0 Å². The van der Waals surface area contributed by atoms with E-state index in [2.05, 4.69) is 19.2 Å². The van der Waals surface area contributed by atoms with Crippen molar-refractivity contribution < 1.29 is 14.3 Å². The van der Waals surface area contributed by atoms with Gasteiger partial charge in [0.25, 0.3) is 0 Å². The van der Waals surface area contributed by atoms with Gasteiger partial charge in [0.2, 0.25) is 0 Å². The Kier molecular flexibility index (Phi) is 7.64. The molecular formula is C12H23NO3S. The standard InChI is InChI=1S/C12H23NO3S/c1-10(2)8-15-4-5-16-12(14)7-11-9-17-6-3-13-11/h10-11,13H,3-9H2,1-2H3. The van der Waals surface area contributed by atoms with Crippen LogP contribution in [0.2, 0.25) is 0 Å². The molecular weight excluding hydrogens is 238 g/mol. The van der Waals surface area contributed by atoms with Crippen molar-refractivity contribution in [2.75, 3.05) is 37.9 Å². The van der Waals surface area contributed by atoms with E-state index >= 15 is 0 Å². The zero-order valence-electron chi connectivity index (χ0n) is 10.7. The minimum absolute atomic E-state index is 0.127. The van der Waals surface area contributed by atoms with Crippen molar-refractivity contribution in [2.24, 2.45) is 5.92 Å². The van der Waals surface area contributed by atoms with Crippen LogP contribution in [0.4, 0.5) is 0 Å². The quantitative estimate of drug-likeness (QED) is 0.553. The maximum atomic E-state index is 11.5. The highest BCUT2D eigenvalue weighted by molar-refractivity contribution is 7.99. The van der Waals surface area contributed by atoms with Crippen LogP contribution in [0.3, 0.4) is 0 Å². The maximum Gasteiger partial charge on any atom is 0.307 e. The van der Waals surface area contributed by atoms with Gasteiger partial charge in [-0.25, -0.2) is 0 Å². The van der Waals surface area contributed by atoms with E-state index < -0.39 is 0 Å². The van der Waals surface area contributed by atoms with Crippen molar-refractivity contribution >= 4 is 17.7 Å². The van der Waals surface area contributed by atoms with Crippen LogP contribution in [-0.2, 0) is 14.3 Å². The highest BCUT2D eigenvalue weighted by Gasteiger charge is 2.17. The Morgan fingerprint density at radius 2 is 2.29 bits per heavy atom. The summed E-state index contributed by atoms with van der Waals surface area (Å²) in [5.74, 6) is 2.53. The largest absolute Gasteiger partial charge is 0.463 e. The Morgan fingerprint density at radius 3 is 2.94 bits per heavy atom. The number of esters is 1. The molecule has 1 unspecified atom stereocenters. The molecule has 1 heterocycles. The van der Waals surface area contributed by atoms with E-state index in [1.54, 1.807) is 0 Å². The fourth-order valence-electron chi connectivity index (χ4n) is 1.54. The van der Waals surface area contributed by atoms with Crippen molar-refractivity contribution in [1.82, 2.24) is 5.32 Å². The highest BCUT2D eigenvalue weighted by atomic mass is 32.2. The summed E-state index contributed by atoms with van der Waals surface area (Å²) in [6.07, 6.45) is 0.469. The summed E-state index contributed by atoms with van der Waals surface area (Å²) < 4.78 is 10.5. The molecule has 0 bridgehead atoms. The van der Waals surface area contributed by atoms with Gasteiger partial charge >= 0.3 is 5.97 Å². The van der Waals surface area contributed by atoms with Gasteiger partial charge in [0.05, 0.1) is 13.0 Å². The second-order valence-corrected chi connectivity index (χ2v) is 5.77. The normalized spacial score (nSPS) is 20.5. The number of rotatable bonds is 7. The molecule has 1 N–H and O–H groups in total. The lowest BCUT2D eigenvalue weighted by Crippen LogP contribution is -2.39. The summed E-state index contributed by atoms with van der Waals surface area (Å²) in [5.41, 5.74) is 0. The predicted octanol–water partition coefficient (Wildman–Crippen LogP) is 1.30. The zero-order chi connectivity index (χ0) is 12.5. The van der Waals surface area contributed by atoms with Crippen molar-refractivity contribution in [1.29, 1.82) is 0 Å². The van der Waals surface area contributed by atoms with Crippen molar-refractivity contribution in [3.8, 4) is 0 Å². The molecule has 1 fully saturated rings. The lowest BCUT2D eigenvalue weighted by Gasteiger charge is -2.22. The molecule has 17 heavy (non-hydrogen) atoms. The summed E-state index contributed by atoms with van der Waals surface area (Å²) in [6.45, 7) is 6.76. The SMILES string of the molecule is CC(C)COCCOC(=O)CC1CSCCN1. The fraction of sp³-hybridized carbons (Fsp3) is 0.917. The number of hydrogen-bond acceptors (Lipinski definition) is 5. The molecule has 0 saturated carbocycles. The van der Waals surface area contributed by atoms with Gasteiger partial charge in [-0.05, 0) is 5.92 Å². The first-order chi connectivity index (χ1) is 8.18. The number of ether oxygens (including phenoxy) is 2. The van der Waals surface area contributed by atoms with E-state index in [4.69, 9.17) is 9.47 Å². The number of thioether (sulfide) groups is 1. The molecule has 0 aromatic heterocycles. The summed E-state index contributed by atoms with van der Waals surface area (Å²) in [5, 5.41) is 3.31. The molecule has 1 rings (SSSR count). The first kappa shape index (κ1) is 14.8. The minimum atomic E-state index is -0.127. The van der Waals surface area contributed by atoms with Crippen LogP contribution in [0.5, 0.6) is 0 Å². The molecule has 0 aromatic carbocycles. The minimum Gasteiger partial charge on any atom is -0.463 e. The average Bonchev–Trinajstić information content (AvgIpc) is 2.29. The summed E-state index contributed by atoms with van der Waals surface area (Å²) in [6, 6.07) is 0.276. The van der Waals surface area contributed by atoms with E-state index in [1.165, 1.54) is 0 Å². The molecule has 0 aromatic rings. The summed E-state index contributed by atoms with van der Waals surface area (Å²) >= 11 is 1.89.